The summed E-state index contributed by atoms with van der Waals surface area (Å²) in [4.78, 5) is 31.7. The van der Waals surface area contributed by atoms with Crippen LogP contribution in [0.2, 0.25) is 0 Å². The van der Waals surface area contributed by atoms with E-state index in [0.29, 0.717) is 6.08 Å². The van der Waals surface area contributed by atoms with Gasteiger partial charge in [0.05, 0.1) is 0 Å². The molecule has 0 aromatic carbocycles. The lowest BCUT2D eigenvalue weighted by molar-refractivity contribution is -0.209. The number of carbonyl (C=O) groups excluding carboxylic acids is 3. The van der Waals surface area contributed by atoms with Crippen LogP contribution in [0.1, 0.15) is 0 Å². The van der Waals surface area contributed by atoms with Gasteiger partial charge in [-0.2, -0.15) is 26.3 Å². The lowest BCUT2D eigenvalue weighted by atomic mass is 10.4. The molecule has 0 fully saturated rings. The predicted octanol–water partition coefficient (Wildman–Crippen LogP) is 1.30. The molecule has 6 nitrogen and oxygen atoms in total. The van der Waals surface area contributed by atoms with Gasteiger partial charge in [0.15, 0.2) is 6.10 Å². The van der Waals surface area contributed by atoms with Crippen molar-refractivity contribution in [3.8, 4) is 0 Å². The standard InChI is InChI=1S/C10H8F6O6/c1-2-6(17)22-5(3-20-7(18)9(11,12)13)4-21-8(19)10(14,15)16/h2,5H,1,3-4H2. The van der Waals surface area contributed by atoms with E-state index in [9.17, 15) is 40.7 Å². The van der Waals surface area contributed by atoms with Crippen molar-refractivity contribution in [1.82, 2.24) is 0 Å². The Morgan fingerprint density at radius 3 is 1.55 bits per heavy atom. The fourth-order valence-electron chi connectivity index (χ4n) is 0.829. The molecule has 0 aliphatic heterocycles. The van der Waals surface area contributed by atoms with Gasteiger partial charge in [-0.1, -0.05) is 6.58 Å². The quantitative estimate of drug-likeness (QED) is 0.314. The number of halogens is 6. The van der Waals surface area contributed by atoms with Gasteiger partial charge in [-0.3, -0.25) is 0 Å². The lowest BCUT2D eigenvalue weighted by Gasteiger charge is -2.18. The minimum atomic E-state index is -5.35. The molecule has 0 aromatic heterocycles. The molecule has 0 saturated carbocycles. The van der Waals surface area contributed by atoms with Crippen LogP contribution in [0.4, 0.5) is 26.3 Å². The lowest BCUT2D eigenvalue weighted by Crippen LogP contribution is -2.35. The van der Waals surface area contributed by atoms with Gasteiger partial charge in [-0.05, 0) is 0 Å². The number of esters is 3. The second kappa shape index (κ2) is 7.66. The largest absolute Gasteiger partial charge is 0.490 e. The van der Waals surface area contributed by atoms with Crippen molar-refractivity contribution in [3.05, 3.63) is 12.7 Å². The third kappa shape index (κ3) is 7.50. The van der Waals surface area contributed by atoms with E-state index in [1.807, 2.05) is 0 Å². The monoisotopic (exact) mass is 338 g/mol. The molecule has 0 aromatic rings. The highest BCUT2D eigenvalue weighted by Gasteiger charge is 2.43. The van der Waals surface area contributed by atoms with Crippen molar-refractivity contribution in [2.75, 3.05) is 13.2 Å². The molecule has 22 heavy (non-hydrogen) atoms. The van der Waals surface area contributed by atoms with Gasteiger partial charge in [0.25, 0.3) is 0 Å². The normalized spacial score (nSPS) is 11.8. The molecule has 0 saturated heterocycles. The second-order valence-corrected chi connectivity index (χ2v) is 3.46. The highest BCUT2D eigenvalue weighted by Crippen LogP contribution is 2.18. The van der Waals surface area contributed by atoms with Crippen LogP contribution in [0, 0.1) is 0 Å². The van der Waals surface area contributed by atoms with Crippen molar-refractivity contribution in [2.45, 2.75) is 18.5 Å². The molecule has 0 atom stereocenters. The summed E-state index contributed by atoms with van der Waals surface area (Å²) in [6.45, 7) is 0.383. The summed E-state index contributed by atoms with van der Waals surface area (Å²) in [5.74, 6) is -6.56. The summed E-state index contributed by atoms with van der Waals surface area (Å²) in [6.07, 6.45) is -12.0. The van der Waals surface area contributed by atoms with Crippen LogP contribution < -0.4 is 0 Å². The first-order valence-corrected chi connectivity index (χ1v) is 5.19. The molecule has 12 heteroatoms. The summed E-state index contributed by atoms with van der Waals surface area (Å²) in [5, 5.41) is 0. The highest BCUT2D eigenvalue weighted by molar-refractivity contribution is 5.81. The molecule has 0 radical (unpaired) electrons. The Morgan fingerprint density at radius 1 is 0.909 bits per heavy atom. The Balaban J connectivity index is 4.64. The Morgan fingerprint density at radius 2 is 1.27 bits per heavy atom. The Kier molecular flexibility index (Phi) is 6.87. The van der Waals surface area contributed by atoms with Crippen molar-refractivity contribution >= 4 is 17.9 Å². The van der Waals surface area contributed by atoms with E-state index in [1.54, 1.807) is 0 Å². The number of rotatable bonds is 6. The van der Waals surface area contributed by atoms with Gasteiger partial charge in [0.1, 0.15) is 13.2 Å². The minimum absolute atomic E-state index is 0.546. The first-order valence-electron chi connectivity index (χ1n) is 5.19. The SMILES string of the molecule is C=CC(=O)OC(COC(=O)C(F)(F)F)COC(=O)C(F)(F)F. The van der Waals surface area contributed by atoms with E-state index >= 15 is 0 Å². The summed E-state index contributed by atoms with van der Waals surface area (Å²) in [6, 6.07) is 0. The number of ether oxygens (including phenoxy) is 3. The smallest absolute Gasteiger partial charge is 0.455 e. The van der Waals surface area contributed by atoms with E-state index < -0.39 is 49.6 Å². The van der Waals surface area contributed by atoms with Crippen LogP contribution in [0.15, 0.2) is 12.7 Å². The van der Waals surface area contributed by atoms with E-state index in [0.717, 1.165) is 0 Å². The zero-order valence-corrected chi connectivity index (χ0v) is 10.5. The van der Waals surface area contributed by atoms with Crippen molar-refractivity contribution in [2.24, 2.45) is 0 Å². The first kappa shape index (κ1) is 19.7. The Labute approximate surface area is 118 Å². The molecule has 126 valence electrons. The topological polar surface area (TPSA) is 78.9 Å². The van der Waals surface area contributed by atoms with E-state index in [2.05, 4.69) is 20.8 Å². The summed E-state index contributed by atoms with van der Waals surface area (Å²) in [5.41, 5.74) is 0. The third-order valence-electron chi connectivity index (χ3n) is 1.71. The summed E-state index contributed by atoms with van der Waals surface area (Å²) >= 11 is 0. The molecule has 0 N–H and O–H groups in total. The molecule has 0 aliphatic carbocycles. The maximum atomic E-state index is 11.9. The van der Waals surface area contributed by atoms with Gasteiger partial charge in [0, 0.05) is 6.08 Å². The number of alkyl halides is 6. The average Bonchev–Trinajstić information content (AvgIpc) is 2.38. The molecule has 0 heterocycles. The van der Waals surface area contributed by atoms with Crippen molar-refractivity contribution in [3.63, 3.8) is 0 Å². The Bertz CT molecular complexity index is 410. The van der Waals surface area contributed by atoms with E-state index in [1.165, 1.54) is 0 Å². The average molecular weight is 338 g/mol. The molecule has 0 unspecified atom stereocenters. The molecule has 0 amide bonds. The minimum Gasteiger partial charge on any atom is -0.455 e. The number of hydrogen-bond acceptors (Lipinski definition) is 6. The fourth-order valence-corrected chi connectivity index (χ4v) is 0.829. The maximum Gasteiger partial charge on any atom is 0.490 e. The zero-order valence-electron chi connectivity index (χ0n) is 10.5. The van der Waals surface area contributed by atoms with Gasteiger partial charge in [-0.25, -0.2) is 14.4 Å². The Hall–Kier alpha value is -2.27. The van der Waals surface area contributed by atoms with Crippen LogP contribution in [0.5, 0.6) is 0 Å². The first-order chi connectivity index (χ1) is 9.87. The summed E-state index contributed by atoms with van der Waals surface area (Å²) in [7, 11) is 0. The van der Waals surface area contributed by atoms with Gasteiger partial charge >= 0.3 is 30.3 Å². The molecular formula is C10H8F6O6. The van der Waals surface area contributed by atoms with Crippen molar-refractivity contribution < 1.29 is 54.9 Å². The molecule has 0 bridgehead atoms. The number of hydrogen-bond donors (Lipinski definition) is 0. The van der Waals surface area contributed by atoms with Crippen LogP contribution in [-0.2, 0) is 28.6 Å². The molecule has 0 aliphatic rings. The van der Waals surface area contributed by atoms with Crippen LogP contribution in [0.3, 0.4) is 0 Å². The number of carbonyl (C=O) groups is 3. The predicted molar refractivity (Wildman–Crippen MR) is 54.1 cm³/mol. The highest BCUT2D eigenvalue weighted by atomic mass is 19.4. The third-order valence-corrected chi connectivity index (χ3v) is 1.71. The summed E-state index contributed by atoms with van der Waals surface area (Å²) < 4.78 is 82.8. The molecular weight excluding hydrogens is 330 g/mol. The van der Waals surface area contributed by atoms with Gasteiger partial charge in [0.2, 0.25) is 0 Å². The van der Waals surface area contributed by atoms with Gasteiger partial charge < -0.3 is 14.2 Å². The van der Waals surface area contributed by atoms with Crippen LogP contribution in [-0.4, -0.2) is 49.6 Å². The van der Waals surface area contributed by atoms with E-state index in [4.69, 9.17) is 0 Å². The van der Waals surface area contributed by atoms with Crippen molar-refractivity contribution in [1.29, 1.82) is 0 Å². The molecule has 0 spiro atoms. The van der Waals surface area contributed by atoms with Crippen LogP contribution in [0.25, 0.3) is 0 Å². The second-order valence-electron chi connectivity index (χ2n) is 3.46. The zero-order chi connectivity index (χ0) is 17.6. The fraction of sp³-hybridized carbons (Fsp3) is 0.500. The maximum absolute atomic E-state index is 11.9. The van der Waals surface area contributed by atoms with Crippen LogP contribution >= 0.6 is 0 Å². The van der Waals surface area contributed by atoms with Gasteiger partial charge in [-0.15, -0.1) is 0 Å². The van der Waals surface area contributed by atoms with E-state index in [-0.39, 0.29) is 0 Å². The molecule has 0 rings (SSSR count).